The van der Waals surface area contributed by atoms with E-state index in [0.29, 0.717) is 6.42 Å². The van der Waals surface area contributed by atoms with Crippen LogP contribution in [0.3, 0.4) is 0 Å². The van der Waals surface area contributed by atoms with Gasteiger partial charge in [-0.15, -0.1) is 0 Å². The first-order valence-electron chi connectivity index (χ1n) is 25.5. The Morgan fingerprint density at radius 1 is 0.414 bits per heavy atom. The molecule has 0 aromatic carbocycles. The quantitative estimate of drug-likeness (QED) is 0.0424. The van der Waals surface area contributed by atoms with Crippen molar-refractivity contribution >= 4 is 5.91 Å². The Morgan fingerprint density at radius 3 is 1.16 bits per heavy atom. The third kappa shape index (κ3) is 45.2. The number of allylic oxidation sites excluding steroid dienone is 9. The normalized spacial score (nSPS) is 13.4. The zero-order chi connectivity index (χ0) is 42.1. The molecule has 0 fully saturated rings. The predicted molar refractivity (Wildman–Crippen MR) is 258 cm³/mol. The highest BCUT2D eigenvalue weighted by atomic mass is 16.3. The molecule has 3 N–H and O–H groups in total. The van der Waals surface area contributed by atoms with E-state index in [0.717, 1.165) is 51.4 Å². The smallest absolute Gasteiger partial charge is 0.220 e. The summed E-state index contributed by atoms with van der Waals surface area (Å²) in [5, 5.41) is 22.9. The van der Waals surface area contributed by atoms with Crippen molar-refractivity contribution in [3.05, 3.63) is 60.8 Å². The lowest BCUT2D eigenvalue weighted by atomic mass is 10.0. The van der Waals surface area contributed by atoms with E-state index in [4.69, 9.17) is 0 Å². The second-order valence-corrected chi connectivity index (χ2v) is 17.2. The van der Waals surface area contributed by atoms with E-state index in [1.807, 2.05) is 6.08 Å². The number of aliphatic hydroxyl groups is 2. The van der Waals surface area contributed by atoms with Gasteiger partial charge in [-0.1, -0.05) is 242 Å². The van der Waals surface area contributed by atoms with E-state index < -0.39 is 12.1 Å². The summed E-state index contributed by atoms with van der Waals surface area (Å²) in [6, 6.07) is -0.645. The van der Waals surface area contributed by atoms with Crippen LogP contribution in [0.4, 0.5) is 0 Å². The second kappa shape index (κ2) is 49.5. The van der Waals surface area contributed by atoms with Crippen molar-refractivity contribution in [2.24, 2.45) is 0 Å². The minimum Gasteiger partial charge on any atom is -0.394 e. The lowest BCUT2D eigenvalue weighted by Gasteiger charge is -2.19. The number of aliphatic hydroxyl groups excluding tert-OH is 2. The van der Waals surface area contributed by atoms with Crippen molar-refractivity contribution in [2.45, 2.75) is 270 Å². The van der Waals surface area contributed by atoms with Gasteiger partial charge in [0.2, 0.25) is 5.91 Å². The highest BCUT2D eigenvalue weighted by Gasteiger charge is 2.17. The van der Waals surface area contributed by atoms with Gasteiger partial charge in [0.1, 0.15) is 0 Å². The van der Waals surface area contributed by atoms with Crippen LogP contribution in [0.5, 0.6) is 0 Å². The standard InChI is InChI=1S/C54H99NO3/c1-3-5-7-9-11-13-15-16-17-18-19-20-21-22-23-24-25-26-27-28-29-30-31-32-33-34-35-36-37-38-40-42-44-46-48-50-54(58)55-52(51-56)53(57)49-47-45-43-41-39-14-12-10-8-6-4-2/h8,10,21-22,24-25,39,41,47,49,52-53,56-57H,3-7,9,11-20,23,26-38,40,42-46,48,50-51H2,1-2H3,(H,55,58)/b10-8+,22-21-,25-24-,41-39+,49-47+. The average molecular weight is 810 g/mol. The molecule has 0 spiro atoms. The van der Waals surface area contributed by atoms with Gasteiger partial charge in [0.05, 0.1) is 18.8 Å². The van der Waals surface area contributed by atoms with Crippen LogP contribution in [0.1, 0.15) is 258 Å². The molecule has 0 aromatic heterocycles. The molecule has 0 heterocycles. The highest BCUT2D eigenvalue weighted by Crippen LogP contribution is 2.16. The van der Waals surface area contributed by atoms with E-state index in [1.165, 1.54) is 186 Å². The molecule has 2 unspecified atom stereocenters. The van der Waals surface area contributed by atoms with Crippen LogP contribution < -0.4 is 5.32 Å². The van der Waals surface area contributed by atoms with Gasteiger partial charge in [-0.2, -0.15) is 0 Å². The minimum atomic E-state index is -0.869. The summed E-state index contributed by atoms with van der Waals surface area (Å²) in [5.74, 6) is -0.0793. The van der Waals surface area contributed by atoms with Crippen LogP contribution >= 0.6 is 0 Å². The molecule has 1 amide bonds. The first-order valence-corrected chi connectivity index (χ1v) is 25.5. The number of carbonyl (C=O) groups is 1. The molecule has 0 aliphatic heterocycles. The molecule has 0 aliphatic rings. The molecule has 2 atom stereocenters. The van der Waals surface area contributed by atoms with E-state index in [9.17, 15) is 15.0 Å². The Hall–Kier alpha value is -1.91. The molecule has 58 heavy (non-hydrogen) atoms. The summed E-state index contributed by atoms with van der Waals surface area (Å²) < 4.78 is 0. The summed E-state index contributed by atoms with van der Waals surface area (Å²) in [6.45, 7) is 4.22. The van der Waals surface area contributed by atoms with Crippen LogP contribution in [0, 0.1) is 0 Å². The molecule has 0 aromatic rings. The highest BCUT2D eigenvalue weighted by molar-refractivity contribution is 5.76. The van der Waals surface area contributed by atoms with Crippen LogP contribution in [0.25, 0.3) is 0 Å². The fourth-order valence-electron chi connectivity index (χ4n) is 7.54. The van der Waals surface area contributed by atoms with Crippen molar-refractivity contribution in [1.82, 2.24) is 5.32 Å². The van der Waals surface area contributed by atoms with Crippen molar-refractivity contribution in [1.29, 1.82) is 0 Å². The molecule has 0 saturated carbocycles. The Bertz CT molecular complexity index is 965. The molecule has 0 radical (unpaired) electrons. The fraction of sp³-hybridized carbons (Fsp3) is 0.796. The van der Waals surface area contributed by atoms with Gasteiger partial charge in [-0.25, -0.2) is 0 Å². The SMILES string of the molecule is CCC/C=C/CC/C=C/CC/C=C/C(O)C(CO)NC(=O)CCCCCCCCCCCCCCCCCCC/C=C\C/C=C\CCCCCCCCCCCCC. The van der Waals surface area contributed by atoms with Gasteiger partial charge in [0.25, 0.3) is 0 Å². The van der Waals surface area contributed by atoms with E-state index in [-0.39, 0.29) is 12.5 Å². The fourth-order valence-corrected chi connectivity index (χ4v) is 7.54. The molecule has 0 rings (SSSR count). The van der Waals surface area contributed by atoms with E-state index in [1.54, 1.807) is 6.08 Å². The molecular formula is C54H99NO3. The molecule has 0 saturated heterocycles. The summed E-state index contributed by atoms with van der Waals surface area (Å²) in [4.78, 5) is 12.4. The third-order valence-corrected chi connectivity index (χ3v) is 11.4. The van der Waals surface area contributed by atoms with Crippen molar-refractivity contribution < 1.29 is 15.0 Å². The van der Waals surface area contributed by atoms with Gasteiger partial charge >= 0.3 is 0 Å². The number of nitrogens with one attached hydrogen (secondary N) is 1. The van der Waals surface area contributed by atoms with E-state index in [2.05, 4.69) is 67.8 Å². The van der Waals surface area contributed by atoms with Gasteiger partial charge in [-0.05, 0) is 70.6 Å². The lowest BCUT2D eigenvalue weighted by Crippen LogP contribution is -2.45. The zero-order valence-corrected chi connectivity index (χ0v) is 38.8. The monoisotopic (exact) mass is 810 g/mol. The van der Waals surface area contributed by atoms with E-state index >= 15 is 0 Å². The summed E-state index contributed by atoms with van der Waals surface area (Å²) in [6.07, 6.45) is 69.5. The van der Waals surface area contributed by atoms with Crippen molar-refractivity contribution in [2.75, 3.05) is 6.61 Å². The average Bonchev–Trinajstić information content (AvgIpc) is 3.23. The first kappa shape index (κ1) is 56.1. The maximum absolute atomic E-state index is 12.4. The number of hydrogen-bond donors (Lipinski definition) is 3. The topological polar surface area (TPSA) is 69.6 Å². The number of hydrogen-bond acceptors (Lipinski definition) is 3. The van der Waals surface area contributed by atoms with Gasteiger partial charge < -0.3 is 15.5 Å². The van der Waals surface area contributed by atoms with Gasteiger partial charge in [0, 0.05) is 6.42 Å². The molecule has 4 nitrogen and oxygen atoms in total. The van der Waals surface area contributed by atoms with Gasteiger partial charge in [-0.3, -0.25) is 4.79 Å². The van der Waals surface area contributed by atoms with Crippen LogP contribution in [0.15, 0.2) is 60.8 Å². The zero-order valence-electron chi connectivity index (χ0n) is 38.8. The number of rotatable bonds is 46. The summed E-state index contributed by atoms with van der Waals surface area (Å²) in [7, 11) is 0. The predicted octanol–water partition coefficient (Wildman–Crippen LogP) is 16.5. The number of unbranched alkanes of at least 4 members (excludes halogenated alkanes) is 31. The Kier molecular flexibility index (Phi) is 47.8. The van der Waals surface area contributed by atoms with Crippen LogP contribution in [-0.2, 0) is 4.79 Å². The van der Waals surface area contributed by atoms with Crippen molar-refractivity contribution in [3.8, 4) is 0 Å². The molecule has 4 heteroatoms. The van der Waals surface area contributed by atoms with Crippen LogP contribution in [0.2, 0.25) is 0 Å². The molecule has 0 aliphatic carbocycles. The third-order valence-electron chi connectivity index (χ3n) is 11.4. The van der Waals surface area contributed by atoms with Crippen LogP contribution in [-0.4, -0.2) is 34.9 Å². The number of amides is 1. The second-order valence-electron chi connectivity index (χ2n) is 17.2. The maximum atomic E-state index is 12.4. The Morgan fingerprint density at radius 2 is 0.759 bits per heavy atom. The van der Waals surface area contributed by atoms with Gasteiger partial charge in [0.15, 0.2) is 0 Å². The Labute approximate surface area is 362 Å². The van der Waals surface area contributed by atoms with Crippen molar-refractivity contribution in [3.63, 3.8) is 0 Å². The summed E-state index contributed by atoms with van der Waals surface area (Å²) in [5.41, 5.74) is 0. The molecular weight excluding hydrogens is 711 g/mol. The largest absolute Gasteiger partial charge is 0.394 e. The number of carbonyl (C=O) groups excluding carboxylic acids is 1. The maximum Gasteiger partial charge on any atom is 0.220 e. The first-order chi connectivity index (χ1) is 28.7. The molecule has 338 valence electrons. The minimum absolute atomic E-state index is 0.0793. The Balaban J connectivity index is 3.45. The lowest BCUT2D eigenvalue weighted by molar-refractivity contribution is -0.123. The summed E-state index contributed by atoms with van der Waals surface area (Å²) >= 11 is 0. The molecule has 0 bridgehead atoms.